The van der Waals surface area contributed by atoms with Gasteiger partial charge in [-0.2, -0.15) is 5.10 Å². The van der Waals surface area contributed by atoms with Gasteiger partial charge in [0.25, 0.3) is 0 Å². The second-order valence-electron chi connectivity index (χ2n) is 4.06. The quantitative estimate of drug-likeness (QED) is 0.640. The second kappa shape index (κ2) is 2.82. The van der Waals surface area contributed by atoms with E-state index in [2.05, 4.69) is 10.2 Å². The zero-order valence-corrected chi connectivity index (χ0v) is 7.75. The van der Waals surface area contributed by atoms with Gasteiger partial charge in [0.15, 0.2) is 0 Å². The van der Waals surface area contributed by atoms with Crippen LogP contribution in [0.25, 0.3) is 0 Å². The van der Waals surface area contributed by atoms with Gasteiger partial charge in [0.05, 0.1) is 11.8 Å². The summed E-state index contributed by atoms with van der Waals surface area (Å²) in [5.41, 5.74) is 7.45. The van der Waals surface area contributed by atoms with Crippen LogP contribution in [-0.4, -0.2) is 20.8 Å². The molecular formula is C9H15N3O. The number of aromatic amines is 1. The minimum atomic E-state index is -0.516. The Morgan fingerprint density at radius 1 is 1.77 bits per heavy atom. The molecule has 4 N–H and O–H groups in total. The van der Waals surface area contributed by atoms with Gasteiger partial charge in [0.2, 0.25) is 0 Å². The number of H-pyrrole nitrogens is 1. The molecule has 0 aliphatic heterocycles. The van der Waals surface area contributed by atoms with Crippen molar-refractivity contribution < 1.29 is 5.11 Å². The first-order chi connectivity index (χ1) is 6.09. The molecule has 0 amide bonds. The maximum atomic E-state index is 9.75. The lowest BCUT2D eigenvalue weighted by molar-refractivity contribution is 0.150. The van der Waals surface area contributed by atoms with Crippen LogP contribution in [0, 0.1) is 6.92 Å². The van der Waals surface area contributed by atoms with Crippen molar-refractivity contribution in [3.8, 4) is 0 Å². The summed E-state index contributed by atoms with van der Waals surface area (Å²) in [6, 6.07) is 1.86. The Bertz CT molecular complexity index is 304. The summed E-state index contributed by atoms with van der Waals surface area (Å²) < 4.78 is 0. The molecule has 4 nitrogen and oxygen atoms in total. The topological polar surface area (TPSA) is 74.9 Å². The van der Waals surface area contributed by atoms with Crippen LogP contribution in [0.5, 0.6) is 0 Å². The van der Waals surface area contributed by atoms with Gasteiger partial charge in [0, 0.05) is 11.2 Å². The van der Waals surface area contributed by atoms with Gasteiger partial charge < -0.3 is 10.8 Å². The number of aliphatic hydroxyl groups excluding tert-OH is 1. The summed E-state index contributed by atoms with van der Waals surface area (Å²) in [7, 11) is 0. The molecule has 0 bridgehead atoms. The van der Waals surface area contributed by atoms with E-state index < -0.39 is 6.10 Å². The first kappa shape index (κ1) is 8.72. The lowest BCUT2D eigenvalue weighted by atomic mass is 10.1. The number of hydrogen-bond donors (Lipinski definition) is 3. The van der Waals surface area contributed by atoms with Crippen molar-refractivity contribution in [2.24, 2.45) is 5.73 Å². The highest BCUT2D eigenvalue weighted by Crippen LogP contribution is 2.39. The van der Waals surface area contributed by atoms with Gasteiger partial charge in [-0.1, -0.05) is 0 Å². The van der Waals surface area contributed by atoms with E-state index in [1.54, 1.807) is 0 Å². The van der Waals surface area contributed by atoms with E-state index in [0.29, 0.717) is 12.1 Å². The number of nitrogens with two attached hydrogens (primary N) is 1. The molecule has 0 saturated heterocycles. The van der Waals surface area contributed by atoms with E-state index >= 15 is 0 Å². The van der Waals surface area contributed by atoms with E-state index in [9.17, 15) is 5.11 Å². The smallest absolute Gasteiger partial charge is 0.0995 e. The molecule has 1 heterocycles. The number of aromatic nitrogens is 2. The molecule has 1 aromatic rings. The zero-order chi connectivity index (χ0) is 9.47. The lowest BCUT2D eigenvalue weighted by Gasteiger charge is -2.12. The Labute approximate surface area is 77.1 Å². The maximum absolute atomic E-state index is 9.75. The van der Waals surface area contributed by atoms with Crippen molar-refractivity contribution >= 4 is 0 Å². The molecule has 1 unspecified atom stereocenters. The summed E-state index contributed by atoms with van der Waals surface area (Å²) >= 11 is 0. The summed E-state index contributed by atoms with van der Waals surface area (Å²) in [6.07, 6.45) is 2.15. The van der Waals surface area contributed by atoms with Crippen LogP contribution in [0.1, 0.15) is 36.8 Å². The van der Waals surface area contributed by atoms with Crippen molar-refractivity contribution in [2.75, 3.05) is 0 Å². The highest BCUT2D eigenvalue weighted by Gasteiger charge is 2.40. The average molecular weight is 181 g/mol. The molecule has 1 aromatic heterocycles. The number of aliphatic hydroxyl groups is 1. The number of nitrogens with zero attached hydrogens (tertiary/aromatic N) is 1. The van der Waals surface area contributed by atoms with Crippen LogP contribution in [-0.2, 0) is 0 Å². The molecule has 4 heteroatoms. The molecule has 72 valence electrons. The predicted octanol–water partition coefficient (Wildman–Crippen LogP) is 0.633. The molecule has 0 aromatic carbocycles. The van der Waals surface area contributed by atoms with Crippen molar-refractivity contribution in [1.82, 2.24) is 10.2 Å². The summed E-state index contributed by atoms with van der Waals surface area (Å²) in [4.78, 5) is 0. The number of nitrogens with one attached hydrogen (secondary N) is 1. The highest BCUT2D eigenvalue weighted by molar-refractivity contribution is 5.12. The summed E-state index contributed by atoms with van der Waals surface area (Å²) in [5, 5.41) is 16.5. The fourth-order valence-corrected chi connectivity index (χ4v) is 1.46. The van der Waals surface area contributed by atoms with E-state index in [1.165, 1.54) is 0 Å². The van der Waals surface area contributed by atoms with Gasteiger partial charge in [-0.25, -0.2) is 0 Å². The largest absolute Gasteiger partial charge is 0.387 e. The van der Waals surface area contributed by atoms with Crippen LogP contribution in [0.2, 0.25) is 0 Å². The molecule has 1 aliphatic carbocycles. The number of hydrogen-bond acceptors (Lipinski definition) is 3. The van der Waals surface area contributed by atoms with E-state index in [1.807, 2.05) is 13.0 Å². The fraction of sp³-hybridized carbons (Fsp3) is 0.667. The Balaban J connectivity index is 2.00. The standard InChI is InChI=1S/C9H15N3O/c1-6-4-7(12-11-6)8(13)5-9(10)2-3-9/h4,8,13H,2-3,5,10H2,1H3,(H,11,12). The van der Waals surface area contributed by atoms with Crippen molar-refractivity contribution in [3.63, 3.8) is 0 Å². The number of rotatable bonds is 3. The predicted molar refractivity (Wildman–Crippen MR) is 49.1 cm³/mol. The molecule has 1 saturated carbocycles. The van der Waals surface area contributed by atoms with Crippen molar-refractivity contribution in [2.45, 2.75) is 37.8 Å². The molecule has 1 atom stereocenters. The maximum Gasteiger partial charge on any atom is 0.0995 e. The molecule has 0 radical (unpaired) electrons. The van der Waals surface area contributed by atoms with Crippen molar-refractivity contribution in [3.05, 3.63) is 17.5 Å². The van der Waals surface area contributed by atoms with Gasteiger partial charge in [0.1, 0.15) is 0 Å². The second-order valence-corrected chi connectivity index (χ2v) is 4.06. The van der Waals surface area contributed by atoms with Crippen LogP contribution in [0.3, 0.4) is 0 Å². The Morgan fingerprint density at radius 3 is 2.92 bits per heavy atom. The Morgan fingerprint density at radius 2 is 2.46 bits per heavy atom. The van der Waals surface area contributed by atoms with Gasteiger partial charge in [-0.15, -0.1) is 0 Å². The van der Waals surface area contributed by atoms with E-state index in [-0.39, 0.29) is 5.54 Å². The lowest BCUT2D eigenvalue weighted by Crippen LogP contribution is -2.24. The van der Waals surface area contributed by atoms with Crippen LogP contribution < -0.4 is 5.73 Å². The third-order valence-corrected chi connectivity index (χ3v) is 2.56. The molecule has 2 rings (SSSR count). The molecular weight excluding hydrogens is 166 g/mol. The first-order valence-electron chi connectivity index (χ1n) is 4.58. The van der Waals surface area contributed by atoms with Crippen LogP contribution in [0.4, 0.5) is 0 Å². The highest BCUT2D eigenvalue weighted by atomic mass is 16.3. The van der Waals surface area contributed by atoms with Gasteiger partial charge in [-0.3, -0.25) is 5.10 Å². The third-order valence-electron chi connectivity index (χ3n) is 2.56. The zero-order valence-electron chi connectivity index (χ0n) is 7.75. The Kier molecular flexibility index (Phi) is 1.89. The minimum Gasteiger partial charge on any atom is -0.387 e. The third kappa shape index (κ3) is 1.89. The average Bonchev–Trinajstić information content (AvgIpc) is 2.62. The molecule has 0 spiro atoms. The Hall–Kier alpha value is -0.870. The fourth-order valence-electron chi connectivity index (χ4n) is 1.46. The molecule has 1 aliphatic rings. The van der Waals surface area contributed by atoms with Gasteiger partial charge >= 0.3 is 0 Å². The number of aryl methyl sites for hydroxylation is 1. The normalized spacial score (nSPS) is 21.5. The first-order valence-corrected chi connectivity index (χ1v) is 4.58. The van der Waals surface area contributed by atoms with Gasteiger partial charge in [-0.05, 0) is 32.3 Å². The van der Waals surface area contributed by atoms with Crippen molar-refractivity contribution in [1.29, 1.82) is 0 Å². The van der Waals surface area contributed by atoms with E-state index in [0.717, 1.165) is 18.5 Å². The summed E-state index contributed by atoms with van der Waals surface area (Å²) in [6.45, 7) is 1.92. The minimum absolute atomic E-state index is 0.119. The summed E-state index contributed by atoms with van der Waals surface area (Å²) in [5.74, 6) is 0. The van der Waals surface area contributed by atoms with Crippen LogP contribution in [0.15, 0.2) is 6.07 Å². The SMILES string of the molecule is Cc1cc(C(O)CC2(N)CC2)n[nH]1. The van der Waals surface area contributed by atoms with Crippen LogP contribution >= 0.6 is 0 Å². The van der Waals surface area contributed by atoms with E-state index in [4.69, 9.17) is 5.73 Å². The monoisotopic (exact) mass is 181 g/mol. The molecule has 13 heavy (non-hydrogen) atoms. The molecule has 1 fully saturated rings.